The van der Waals surface area contributed by atoms with Gasteiger partial charge in [-0.3, -0.25) is 19.8 Å². The number of halogens is 1. The molecule has 0 radical (unpaired) electrons. The first kappa shape index (κ1) is 44.5. The molecule has 2 aromatic heterocycles. The Morgan fingerprint density at radius 3 is 2.52 bits per heavy atom. The molecule has 0 aliphatic carbocycles. The van der Waals surface area contributed by atoms with Crippen LogP contribution in [0.3, 0.4) is 0 Å². The molecule has 5 aromatic rings. The standard InChI is InChI=1S/C47H53ClN8O8S/c1-30-27-55(43-22-33-12-15-49-44(33)51-46(43)64-30)41-23-36(54-18-16-53(17-19-54)28-34-29-63-47(2,3)25-39(34)32-4-6-35(48)7-5-32)8-10-38(41)45(57)52-65(60,61)37-9-11-40(42(24-37)56(58)59)50-26-31-13-20-62-21-14-31/h4-12,15,22-24,30-31,50H,13-14,16-21,25-29H2,1-3H3,(H,49,51)(H,52,57)/t30-/m1/s1. The van der Waals surface area contributed by atoms with E-state index in [-0.39, 0.29) is 28.9 Å². The van der Waals surface area contributed by atoms with Crippen LogP contribution in [-0.2, 0) is 19.5 Å². The maximum atomic E-state index is 14.4. The van der Waals surface area contributed by atoms with E-state index >= 15 is 0 Å². The van der Waals surface area contributed by atoms with Crippen LogP contribution in [-0.4, -0.2) is 111 Å². The molecule has 16 nitrogen and oxygen atoms in total. The largest absolute Gasteiger partial charge is 0.471 e. The first-order chi connectivity index (χ1) is 31.2. The summed E-state index contributed by atoms with van der Waals surface area (Å²) in [6.45, 7) is 12.5. The number of nitro benzene ring substituents is 1. The number of amides is 1. The van der Waals surface area contributed by atoms with E-state index in [4.69, 9.17) is 30.8 Å². The Morgan fingerprint density at radius 1 is 1.00 bits per heavy atom. The summed E-state index contributed by atoms with van der Waals surface area (Å²) in [6, 6.07) is 20.9. The van der Waals surface area contributed by atoms with Gasteiger partial charge in [0.1, 0.15) is 23.1 Å². The minimum atomic E-state index is -4.58. The van der Waals surface area contributed by atoms with Crippen LogP contribution in [0.2, 0.25) is 5.02 Å². The first-order valence-corrected chi connectivity index (χ1v) is 23.9. The Bertz CT molecular complexity index is 2750. The van der Waals surface area contributed by atoms with Crippen molar-refractivity contribution < 1.29 is 32.3 Å². The molecule has 0 unspecified atom stereocenters. The highest BCUT2D eigenvalue weighted by atomic mass is 35.5. The van der Waals surface area contributed by atoms with Crippen molar-refractivity contribution in [3.8, 4) is 5.88 Å². The number of carbonyl (C=O) groups excluding carboxylic acids is 1. The molecule has 3 aromatic carbocycles. The Kier molecular flexibility index (Phi) is 12.5. The normalized spacial score (nSPS) is 19.5. The summed E-state index contributed by atoms with van der Waals surface area (Å²) in [5.74, 6) is -0.248. The molecule has 0 bridgehead atoms. The Hall–Kier alpha value is -5.72. The first-order valence-electron chi connectivity index (χ1n) is 22.0. The van der Waals surface area contributed by atoms with Crippen molar-refractivity contribution in [1.29, 1.82) is 0 Å². The fourth-order valence-corrected chi connectivity index (χ4v) is 10.2. The van der Waals surface area contributed by atoms with Crippen LogP contribution in [0.4, 0.5) is 28.4 Å². The van der Waals surface area contributed by atoms with E-state index in [9.17, 15) is 23.3 Å². The SMILES string of the molecule is C[C@@H]1CN(c2cc(N3CCN(CC4=C(c5ccc(Cl)cc5)CC(C)(C)OC4)CC3)ccc2C(=O)NS(=O)(=O)c2ccc(NCC3CCOCC3)c([N+](=O)[O-])c2)c2cc3cc[nH]c3nc2O1. The molecule has 9 rings (SSSR count). The van der Waals surface area contributed by atoms with E-state index in [1.165, 1.54) is 23.3 Å². The number of H-pyrrole nitrogens is 1. The summed E-state index contributed by atoms with van der Waals surface area (Å²) in [6.07, 6.45) is 3.89. The van der Waals surface area contributed by atoms with Gasteiger partial charge in [0, 0.05) is 87.3 Å². The third kappa shape index (κ3) is 9.80. The molecule has 1 atom stereocenters. The molecular weight excluding hydrogens is 872 g/mol. The summed E-state index contributed by atoms with van der Waals surface area (Å²) in [4.78, 5) is 40.0. The Labute approximate surface area is 383 Å². The molecule has 6 heterocycles. The number of hydrogen-bond acceptors (Lipinski definition) is 13. The number of carbonyl (C=O) groups is 1. The smallest absolute Gasteiger partial charge is 0.293 e. The van der Waals surface area contributed by atoms with E-state index in [0.29, 0.717) is 73.9 Å². The average molecular weight is 926 g/mol. The fourth-order valence-electron chi connectivity index (χ4n) is 9.10. The molecule has 0 saturated carbocycles. The highest BCUT2D eigenvalue weighted by molar-refractivity contribution is 7.90. The number of nitrogens with one attached hydrogen (secondary N) is 3. The van der Waals surface area contributed by atoms with Crippen molar-refractivity contribution >= 4 is 72.6 Å². The van der Waals surface area contributed by atoms with Crippen molar-refractivity contribution in [3.05, 3.63) is 111 Å². The molecule has 3 N–H and O–H groups in total. The summed E-state index contributed by atoms with van der Waals surface area (Å²) >= 11 is 6.25. The van der Waals surface area contributed by atoms with Gasteiger partial charge in [-0.25, -0.2) is 13.1 Å². The monoisotopic (exact) mass is 924 g/mol. The number of nitro groups is 1. The van der Waals surface area contributed by atoms with Crippen molar-refractivity contribution in [2.75, 3.05) is 80.8 Å². The van der Waals surface area contributed by atoms with Crippen LogP contribution in [0.1, 0.15) is 56.0 Å². The molecule has 0 spiro atoms. The zero-order chi connectivity index (χ0) is 45.5. The maximum absolute atomic E-state index is 14.4. The molecule has 4 aliphatic rings. The lowest BCUT2D eigenvalue weighted by atomic mass is 9.87. The lowest BCUT2D eigenvalue weighted by Gasteiger charge is -2.40. The van der Waals surface area contributed by atoms with Crippen LogP contribution in [0, 0.1) is 16.0 Å². The maximum Gasteiger partial charge on any atom is 0.293 e. The number of aromatic amines is 1. The lowest BCUT2D eigenvalue weighted by Crippen LogP contribution is -2.47. The molecule has 18 heteroatoms. The number of benzene rings is 3. The van der Waals surface area contributed by atoms with Crippen LogP contribution in [0.25, 0.3) is 16.6 Å². The van der Waals surface area contributed by atoms with Gasteiger partial charge >= 0.3 is 0 Å². The predicted octanol–water partition coefficient (Wildman–Crippen LogP) is 7.78. The van der Waals surface area contributed by atoms with Gasteiger partial charge < -0.3 is 34.3 Å². The molecule has 2 fully saturated rings. The third-order valence-corrected chi connectivity index (χ3v) is 14.3. The molecular formula is C47H53ClN8O8S. The zero-order valence-electron chi connectivity index (χ0n) is 36.6. The number of hydrogen-bond donors (Lipinski definition) is 3. The second-order valence-corrected chi connectivity index (χ2v) is 20.0. The van der Waals surface area contributed by atoms with Gasteiger partial charge in [-0.05, 0) is 111 Å². The second-order valence-electron chi connectivity index (χ2n) is 17.9. The number of aromatic nitrogens is 2. The lowest BCUT2D eigenvalue weighted by molar-refractivity contribution is -0.384. The van der Waals surface area contributed by atoms with Crippen LogP contribution in [0.5, 0.6) is 5.88 Å². The van der Waals surface area contributed by atoms with Gasteiger partial charge in [-0.15, -0.1) is 0 Å². The van der Waals surface area contributed by atoms with Gasteiger partial charge in [0.2, 0.25) is 5.88 Å². The fraction of sp³-hybridized carbons (Fsp3) is 0.404. The molecule has 342 valence electrons. The highest BCUT2D eigenvalue weighted by Crippen LogP contribution is 2.42. The van der Waals surface area contributed by atoms with Gasteiger partial charge in [-0.1, -0.05) is 23.7 Å². The van der Waals surface area contributed by atoms with Crippen LogP contribution >= 0.6 is 11.6 Å². The summed E-state index contributed by atoms with van der Waals surface area (Å²) in [5, 5.41) is 16.9. The minimum Gasteiger partial charge on any atom is -0.471 e. The van der Waals surface area contributed by atoms with Crippen LogP contribution in [0.15, 0.2) is 89.5 Å². The van der Waals surface area contributed by atoms with Gasteiger partial charge in [0.15, 0.2) is 0 Å². The van der Waals surface area contributed by atoms with Crippen molar-refractivity contribution in [1.82, 2.24) is 19.6 Å². The van der Waals surface area contributed by atoms with E-state index in [0.717, 1.165) is 61.6 Å². The average Bonchev–Trinajstić information content (AvgIpc) is 3.76. The minimum absolute atomic E-state index is 0.0938. The molecule has 2 saturated heterocycles. The van der Waals surface area contributed by atoms with E-state index in [1.54, 1.807) is 12.3 Å². The second kappa shape index (κ2) is 18.3. The summed E-state index contributed by atoms with van der Waals surface area (Å²) in [5.41, 5.74) is 5.90. The molecule has 65 heavy (non-hydrogen) atoms. The van der Waals surface area contributed by atoms with Crippen LogP contribution < -0.4 is 24.6 Å². The van der Waals surface area contributed by atoms with E-state index < -0.39 is 31.4 Å². The molecule has 1 amide bonds. The number of fused-ring (bicyclic) bond motifs is 2. The third-order valence-electron chi connectivity index (χ3n) is 12.7. The predicted molar refractivity (Wildman–Crippen MR) is 251 cm³/mol. The van der Waals surface area contributed by atoms with Crippen molar-refractivity contribution in [3.63, 3.8) is 0 Å². The topological polar surface area (TPSA) is 184 Å². The quantitative estimate of drug-likeness (QED) is 0.0815. The number of ether oxygens (including phenoxy) is 3. The van der Waals surface area contributed by atoms with Crippen molar-refractivity contribution in [2.45, 2.75) is 56.6 Å². The zero-order valence-corrected chi connectivity index (χ0v) is 38.2. The number of nitrogens with zero attached hydrogens (tertiary/aromatic N) is 5. The Morgan fingerprint density at radius 2 is 1.77 bits per heavy atom. The molecule has 4 aliphatic heterocycles. The number of sulfonamides is 1. The van der Waals surface area contributed by atoms with E-state index in [2.05, 4.69) is 50.8 Å². The summed E-state index contributed by atoms with van der Waals surface area (Å²) < 4.78 is 48.0. The Balaban J connectivity index is 0.987. The summed E-state index contributed by atoms with van der Waals surface area (Å²) in [7, 11) is -4.58. The van der Waals surface area contributed by atoms with Gasteiger partial charge in [0.05, 0.1) is 39.8 Å². The number of rotatable bonds is 12. The number of anilines is 4. The number of piperazine rings is 1. The highest BCUT2D eigenvalue weighted by Gasteiger charge is 2.34. The number of pyridine rings is 1. The van der Waals surface area contributed by atoms with Gasteiger partial charge in [0.25, 0.3) is 21.6 Å². The van der Waals surface area contributed by atoms with Gasteiger partial charge in [-0.2, -0.15) is 4.98 Å². The van der Waals surface area contributed by atoms with E-state index in [1.807, 2.05) is 48.2 Å². The van der Waals surface area contributed by atoms with Crippen molar-refractivity contribution in [2.24, 2.45) is 5.92 Å².